The highest BCUT2D eigenvalue weighted by Crippen LogP contribution is 2.27. The number of nitrogens with zero attached hydrogens (tertiary/aromatic N) is 4. The first-order valence-electron chi connectivity index (χ1n) is 8.29. The number of nitrogen functional groups attached to an aromatic ring is 1. The van der Waals surface area contributed by atoms with Crippen molar-refractivity contribution >= 4 is 23.1 Å². The van der Waals surface area contributed by atoms with Crippen LogP contribution in [0, 0.1) is 0 Å². The van der Waals surface area contributed by atoms with Crippen LogP contribution < -0.4 is 26.6 Å². The quantitative estimate of drug-likeness (QED) is 0.356. The zero-order valence-electron chi connectivity index (χ0n) is 14.5. The summed E-state index contributed by atoms with van der Waals surface area (Å²) in [6, 6.07) is 7.39. The average molecular weight is 354 g/mol. The van der Waals surface area contributed by atoms with E-state index >= 15 is 0 Å². The van der Waals surface area contributed by atoms with E-state index in [1.807, 2.05) is 37.4 Å². The van der Waals surface area contributed by atoms with Gasteiger partial charge in [-0.3, -0.25) is 10.1 Å². The van der Waals surface area contributed by atoms with Crippen molar-refractivity contribution in [2.75, 3.05) is 29.2 Å². The minimum absolute atomic E-state index is 0.391. The van der Waals surface area contributed by atoms with Crippen LogP contribution in [-0.4, -0.2) is 33.3 Å². The second-order valence-electron chi connectivity index (χ2n) is 5.55. The highest BCUT2D eigenvalue weighted by atomic mass is 16.5. The number of ether oxygens (including phenoxy) is 1. The molecule has 0 spiro atoms. The van der Waals surface area contributed by atoms with Gasteiger partial charge in [0.2, 0.25) is 5.95 Å². The number of rotatable bonds is 8. The van der Waals surface area contributed by atoms with Crippen LogP contribution in [0.3, 0.4) is 0 Å². The van der Waals surface area contributed by atoms with E-state index in [0.29, 0.717) is 30.6 Å². The Labute approximate surface area is 151 Å². The summed E-state index contributed by atoms with van der Waals surface area (Å²) in [5, 5.41) is 11.3. The van der Waals surface area contributed by atoms with Gasteiger partial charge in [-0.25, -0.2) is 10.8 Å². The van der Waals surface area contributed by atoms with Gasteiger partial charge in [0.1, 0.15) is 5.75 Å². The van der Waals surface area contributed by atoms with Crippen molar-refractivity contribution in [1.29, 1.82) is 0 Å². The molecule has 0 fully saturated rings. The van der Waals surface area contributed by atoms with Crippen molar-refractivity contribution in [2.24, 2.45) is 5.84 Å². The Morgan fingerprint density at radius 2 is 2.04 bits per heavy atom. The molecule has 0 saturated carbocycles. The van der Waals surface area contributed by atoms with E-state index in [4.69, 9.17) is 16.3 Å². The maximum absolute atomic E-state index is 6.20. The monoisotopic (exact) mass is 354 g/mol. The van der Waals surface area contributed by atoms with Crippen LogP contribution in [0.25, 0.3) is 0 Å². The molecule has 9 nitrogen and oxygen atoms in total. The SMILES string of the molecule is CCOc1ccc(N(N)c2nc(NCCc3cn[nH]c3)ncc2N)cc1. The Balaban J connectivity index is 1.69. The van der Waals surface area contributed by atoms with Gasteiger partial charge in [-0.2, -0.15) is 10.1 Å². The average Bonchev–Trinajstić information content (AvgIpc) is 3.17. The fourth-order valence-corrected chi connectivity index (χ4v) is 2.39. The molecule has 1 aromatic carbocycles. The van der Waals surface area contributed by atoms with Crippen molar-refractivity contribution in [3.8, 4) is 5.75 Å². The molecule has 0 aliphatic heterocycles. The number of aromatic amines is 1. The summed E-state index contributed by atoms with van der Waals surface area (Å²) in [7, 11) is 0. The smallest absolute Gasteiger partial charge is 0.224 e. The van der Waals surface area contributed by atoms with Gasteiger partial charge in [0.15, 0.2) is 5.82 Å². The minimum Gasteiger partial charge on any atom is -0.494 e. The maximum atomic E-state index is 6.20. The molecule has 0 unspecified atom stereocenters. The topological polar surface area (TPSA) is 131 Å². The van der Waals surface area contributed by atoms with Crippen molar-refractivity contribution in [3.05, 3.63) is 48.4 Å². The van der Waals surface area contributed by atoms with E-state index in [1.54, 1.807) is 6.20 Å². The van der Waals surface area contributed by atoms with E-state index in [2.05, 4.69) is 25.5 Å². The molecule has 9 heteroatoms. The third-order valence-corrected chi connectivity index (χ3v) is 3.70. The van der Waals surface area contributed by atoms with Gasteiger partial charge in [-0.05, 0) is 43.2 Å². The zero-order chi connectivity index (χ0) is 18.4. The molecule has 0 aliphatic carbocycles. The van der Waals surface area contributed by atoms with Gasteiger partial charge < -0.3 is 15.8 Å². The molecule has 136 valence electrons. The molecule has 2 aromatic heterocycles. The van der Waals surface area contributed by atoms with Crippen molar-refractivity contribution < 1.29 is 4.74 Å². The molecule has 0 aliphatic rings. The van der Waals surface area contributed by atoms with Gasteiger partial charge in [0, 0.05) is 12.7 Å². The van der Waals surface area contributed by atoms with E-state index in [-0.39, 0.29) is 0 Å². The fraction of sp³-hybridized carbons (Fsp3) is 0.235. The lowest BCUT2D eigenvalue weighted by atomic mass is 10.2. The van der Waals surface area contributed by atoms with Crippen LogP contribution in [0.2, 0.25) is 0 Å². The van der Waals surface area contributed by atoms with Crippen molar-refractivity contribution in [3.63, 3.8) is 0 Å². The van der Waals surface area contributed by atoms with Crippen LogP contribution in [-0.2, 0) is 6.42 Å². The van der Waals surface area contributed by atoms with Crippen LogP contribution in [0.5, 0.6) is 5.75 Å². The number of benzene rings is 1. The Kier molecular flexibility index (Phi) is 5.49. The van der Waals surface area contributed by atoms with Gasteiger partial charge in [-0.1, -0.05) is 0 Å². The molecule has 26 heavy (non-hydrogen) atoms. The third kappa shape index (κ3) is 4.19. The number of H-pyrrole nitrogens is 1. The lowest BCUT2D eigenvalue weighted by Crippen LogP contribution is -2.27. The summed E-state index contributed by atoms with van der Waals surface area (Å²) in [4.78, 5) is 8.62. The maximum Gasteiger partial charge on any atom is 0.224 e. The number of aromatic nitrogens is 4. The summed E-state index contributed by atoms with van der Waals surface area (Å²) in [5.41, 5.74) is 8.23. The van der Waals surface area contributed by atoms with Crippen molar-refractivity contribution in [1.82, 2.24) is 20.2 Å². The molecule has 0 radical (unpaired) electrons. The van der Waals surface area contributed by atoms with E-state index < -0.39 is 0 Å². The number of hydrogen-bond donors (Lipinski definition) is 4. The first-order valence-corrected chi connectivity index (χ1v) is 8.29. The highest BCUT2D eigenvalue weighted by Gasteiger charge is 2.12. The Bertz CT molecular complexity index is 819. The Morgan fingerprint density at radius 3 is 2.73 bits per heavy atom. The first-order chi connectivity index (χ1) is 12.7. The third-order valence-electron chi connectivity index (χ3n) is 3.70. The van der Waals surface area contributed by atoms with Gasteiger partial charge in [0.25, 0.3) is 0 Å². The number of anilines is 4. The molecule has 3 aromatic rings. The highest BCUT2D eigenvalue weighted by molar-refractivity contribution is 5.70. The second-order valence-corrected chi connectivity index (χ2v) is 5.55. The summed E-state index contributed by atoms with van der Waals surface area (Å²) >= 11 is 0. The molecule has 2 heterocycles. The van der Waals surface area contributed by atoms with Gasteiger partial charge in [-0.15, -0.1) is 0 Å². The molecular weight excluding hydrogens is 332 g/mol. The van der Waals surface area contributed by atoms with Crippen LogP contribution in [0.4, 0.5) is 23.1 Å². The normalized spacial score (nSPS) is 10.5. The fourth-order valence-electron chi connectivity index (χ4n) is 2.39. The summed E-state index contributed by atoms with van der Waals surface area (Å²) in [6.45, 7) is 3.21. The van der Waals surface area contributed by atoms with E-state index in [1.165, 1.54) is 11.2 Å². The first kappa shape index (κ1) is 17.5. The van der Waals surface area contributed by atoms with E-state index in [9.17, 15) is 0 Å². The van der Waals surface area contributed by atoms with Crippen molar-refractivity contribution in [2.45, 2.75) is 13.3 Å². The Hall–Kier alpha value is -3.33. The predicted octanol–water partition coefficient (Wildman–Crippen LogP) is 1.85. The summed E-state index contributed by atoms with van der Waals surface area (Å²) < 4.78 is 5.44. The summed E-state index contributed by atoms with van der Waals surface area (Å²) in [5.74, 6) is 7.86. The summed E-state index contributed by atoms with van der Waals surface area (Å²) in [6.07, 6.45) is 5.97. The predicted molar refractivity (Wildman–Crippen MR) is 101 cm³/mol. The molecule has 0 saturated heterocycles. The lowest BCUT2D eigenvalue weighted by molar-refractivity contribution is 0.340. The number of hydrazine groups is 1. The van der Waals surface area contributed by atoms with E-state index in [0.717, 1.165) is 23.4 Å². The number of hydrogen-bond acceptors (Lipinski definition) is 8. The number of nitrogens with one attached hydrogen (secondary N) is 2. The van der Waals surface area contributed by atoms with Gasteiger partial charge in [0.05, 0.1) is 30.4 Å². The van der Waals surface area contributed by atoms with Crippen LogP contribution in [0.15, 0.2) is 42.9 Å². The zero-order valence-corrected chi connectivity index (χ0v) is 14.5. The lowest BCUT2D eigenvalue weighted by Gasteiger charge is -2.20. The Morgan fingerprint density at radius 1 is 1.23 bits per heavy atom. The molecule has 0 bridgehead atoms. The molecular formula is C17H22N8O. The van der Waals surface area contributed by atoms with Crippen LogP contribution >= 0.6 is 0 Å². The minimum atomic E-state index is 0.391. The van der Waals surface area contributed by atoms with Gasteiger partial charge >= 0.3 is 0 Å². The second kappa shape index (κ2) is 8.17. The molecule has 3 rings (SSSR count). The molecule has 6 N–H and O–H groups in total. The van der Waals surface area contributed by atoms with Crippen LogP contribution in [0.1, 0.15) is 12.5 Å². The largest absolute Gasteiger partial charge is 0.494 e. The standard InChI is InChI=1S/C17H22N8O/c1-2-26-14-5-3-13(4-6-14)25(19)16-15(18)11-21-17(24-16)20-8-7-12-9-22-23-10-12/h3-6,9-11H,2,7-8,18-19H2,1H3,(H,22,23)(H,20,21,24). The molecule has 0 atom stereocenters. The molecule has 0 amide bonds. The number of nitrogens with two attached hydrogens (primary N) is 2.